The molecule has 0 aromatic rings. The van der Waals surface area contributed by atoms with Crippen molar-refractivity contribution in [2.24, 2.45) is 0 Å². The average Bonchev–Trinajstić information content (AvgIpc) is 1.81. The zero-order chi connectivity index (χ0) is 8.15. The summed E-state index contributed by atoms with van der Waals surface area (Å²) < 4.78 is 0. The lowest BCUT2D eigenvalue weighted by molar-refractivity contribution is -0.144. The fourth-order valence-corrected chi connectivity index (χ4v) is 0.431. The second-order valence-electron chi connectivity index (χ2n) is 1.67. The molecule has 0 bridgehead atoms. The van der Waals surface area contributed by atoms with Crippen LogP contribution >= 0.6 is 0 Å². The number of Topliss-reactive ketones (excluding diaryl/α,β-unsaturated/α-hetero) is 1. The number of amides is 1. The molecule has 0 spiro atoms. The van der Waals surface area contributed by atoms with Crippen molar-refractivity contribution in [1.29, 1.82) is 0 Å². The van der Waals surface area contributed by atoms with Gasteiger partial charge in [-0.15, -0.1) is 0 Å². The zero-order valence-electron chi connectivity index (χ0n) is 5.33. The molecule has 0 aromatic carbocycles. The predicted molar refractivity (Wildman–Crippen MR) is 31.3 cm³/mol. The number of hydrogen-bond acceptors (Lipinski definition) is 3. The van der Waals surface area contributed by atoms with Crippen LogP contribution in [0.2, 0.25) is 0 Å². The Labute approximate surface area is 57.0 Å². The first-order chi connectivity index (χ1) is 4.59. The molecule has 1 amide bonds. The van der Waals surface area contributed by atoms with E-state index in [1.54, 1.807) is 0 Å². The smallest absolute Gasteiger partial charge is 0.334 e. The Morgan fingerprint density at radius 2 is 2.10 bits per heavy atom. The molecule has 0 saturated carbocycles. The quantitative estimate of drug-likeness (QED) is 0.383. The van der Waals surface area contributed by atoms with E-state index in [1.165, 1.54) is 0 Å². The van der Waals surface area contributed by atoms with Gasteiger partial charge in [0, 0.05) is 0 Å². The van der Waals surface area contributed by atoms with Gasteiger partial charge in [0.05, 0.1) is 0 Å². The van der Waals surface area contributed by atoms with Gasteiger partial charge in [-0.25, -0.2) is 4.79 Å². The molecule has 56 valence electrons. The van der Waals surface area contributed by atoms with Crippen molar-refractivity contribution in [3.63, 3.8) is 0 Å². The van der Waals surface area contributed by atoms with Crippen LogP contribution in [-0.4, -0.2) is 29.3 Å². The second kappa shape index (κ2) is 3.60. The van der Waals surface area contributed by atoms with Crippen LogP contribution in [-0.2, 0) is 14.4 Å². The van der Waals surface area contributed by atoms with Gasteiger partial charge in [0.2, 0.25) is 6.41 Å². The summed E-state index contributed by atoms with van der Waals surface area (Å²) in [5.74, 6) is -1.95. The standard InChI is InChI=1S/C5H7NO4/c1-3(8)4(5(9)10)6-2-7/h2,4H,1H3,(H,6,7)(H,9,10). The third kappa shape index (κ3) is 2.25. The number of carbonyl (C=O) groups is 3. The largest absolute Gasteiger partial charge is 0.479 e. The van der Waals surface area contributed by atoms with Crippen molar-refractivity contribution in [2.45, 2.75) is 13.0 Å². The fraction of sp³-hybridized carbons (Fsp3) is 0.400. The van der Waals surface area contributed by atoms with Crippen molar-refractivity contribution in [1.82, 2.24) is 5.32 Å². The van der Waals surface area contributed by atoms with Crippen LogP contribution in [0.25, 0.3) is 0 Å². The molecule has 0 fully saturated rings. The Morgan fingerprint density at radius 3 is 2.20 bits per heavy atom. The summed E-state index contributed by atoms with van der Waals surface area (Å²) >= 11 is 0. The van der Waals surface area contributed by atoms with Gasteiger partial charge < -0.3 is 10.4 Å². The van der Waals surface area contributed by atoms with Gasteiger partial charge in [-0.1, -0.05) is 0 Å². The van der Waals surface area contributed by atoms with Gasteiger partial charge in [-0.2, -0.15) is 0 Å². The normalized spacial score (nSPS) is 11.7. The number of nitrogens with one attached hydrogen (secondary N) is 1. The number of rotatable bonds is 4. The van der Waals surface area contributed by atoms with E-state index in [1.807, 2.05) is 5.32 Å². The van der Waals surface area contributed by atoms with E-state index in [0.29, 0.717) is 0 Å². The minimum atomic E-state index is -1.41. The zero-order valence-corrected chi connectivity index (χ0v) is 5.33. The van der Waals surface area contributed by atoms with Crippen LogP contribution in [0.4, 0.5) is 0 Å². The monoisotopic (exact) mass is 145 g/mol. The summed E-state index contributed by atoms with van der Waals surface area (Å²) in [7, 11) is 0. The van der Waals surface area contributed by atoms with E-state index in [2.05, 4.69) is 0 Å². The average molecular weight is 145 g/mol. The molecule has 0 aliphatic carbocycles. The van der Waals surface area contributed by atoms with E-state index < -0.39 is 17.8 Å². The fourth-order valence-electron chi connectivity index (χ4n) is 0.431. The summed E-state index contributed by atoms with van der Waals surface area (Å²) in [6, 6.07) is -1.41. The Bertz CT molecular complexity index is 151. The van der Waals surface area contributed by atoms with E-state index in [0.717, 1.165) is 6.92 Å². The van der Waals surface area contributed by atoms with Gasteiger partial charge in [0.15, 0.2) is 11.8 Å². The molecular weight excluding hydrogens is 138 g/mol. The van der Waals surface area contributed by atoms with E-state index in [-0.39, 0.29) is 6.41 Å². The van der Waals surface area contributed by atoms with Gasteiger partial charge in [-0.3, -0.25) is 9.59 Å². The highest BCUT2D eigenvalue weighted by Gasteiger charge is 2.20. The second-order valence-corrected chi connectivity index (χ2v) is 1.67. The molecule has 1 atom stereocenters. The molecule has 0 aliphatic heterocycles. The number of aliphatic carboxylic acids is 1. The third-order valence-corrected chi connectivity index (χ3v) is 0.888. The highest BCUT2D eigenvalue weighted by molar-refractivity contribution is 6.02. The molecule has 10 heavy (non-hydrogen) atoms. The topological polar surface area (TPSA) is 83.5 Å². The lowest BCUT2D eigenvalue weighted by Crippen LogP contribution is -2.41. The Kier molecular flexibility index (Phi) is 3.10. The summed E-state index contributed by atoms with van der Waals surface area (Å²) in [5, 5.41) is 10.1. The Morgan fingerprint density at radius 1 is 1.60 bits per heavy atom. The summed E-state index contributed by atoms with van der Waals surface area (Å²) in [5.41, 5.74) is 0. The Hall–Kier alpha value is -1.39. The van der Waals surface area contributed by atoms with E-state index >= 15 is 0 Å². The first kappa shape index (κ1) is 8.61. The van der Waals surface area contributed by atoms with Gasteiger partial charge in [0.25, 0.3) is 0 Å². The molecule has 5 heteroatoms. The van der Waals surface area contributed by atoms with Gasteiger partial charge >= 0.3 is 5.97 Å². The maximum atomic E-state index is 10.4. The number of carboxylic acid groups (broad SMARTS) is 1. The minimum absolute atomic E-state index is 0.181. The lowest BCUT2D eigenvalue weighted by Gasteiger charge is -2.04. The minimum Gasteiger partial charge on any atom is -0.479 e. The molecule has 0 aromatic heterocycles. The SMILES string of the molecule is CC(=O)C(NC=O)C(=O)O. The lowest BCUT2D eigenvalue weighted by atomic mass is 10.2. The highest BCUT2D eigenvalue weighted by atomic mass is 16.4. The highest BCUT2D eigenvalue weighted by Crippen LogP contribution is 1.83. The third-order valence-electron chi connectivity index (χ3n) is 0.888. The summed E-state index contributed by atoms with van der Waals surface area (Å²) in [6.07, 6.45) is 0.181. The van der Waals surface area contributed by atoms with Crippen LogP contribution in [0, 0.1) is 0 Å². The van der Waals surface area contributed by atoms with Crippen molar-refractivity contribution in [3.05, 3.63) is 0 Å². The van der Waals surface area contributed by atoms with Crippen molar-refractivity contribution in [3.8, 4) is 0 Å². The summed E-state index contributed by atoms with van der Waals surface area (Å²) in [6.45, 7) is 1.09. The van der Waals surface area contributed by atoms with E-state index in [9.17, 15) is 14.4 Å². The van der Waals surface area contributed by atoms with Crippen LogP contribution in [0.3, 0.4) is 0 Å². The molecule has 5 nitrogen and oxygen atoms in total. The van der Waals surface area contributed by atoms with Gasteiger partial charge in [-0.05, 0) is 6.92 Å². The summed E-state index contributed by atoms with van der Waals surface area (Å²) in [4.78, 5) is 30.2. The number of ketones is 1. The number of hydrogen-bond donors (Lipinski definition) is 2. The Balaban J connectivity index is 4.11. The van der Waals surface area contributed by atoms with Crippen LogP contribution in [0.5, 0.6) is 0 Å². The molecular formula is C5H7NO4. The molecule has 2 N–H and O–H groups in total. The molecule has 1 unspecified atom stereocenters. The first-order valence-corrected chi connectivity index (χ1v) is 2.52. The molecule has 0 rings (SSSR count). The van der Waals surface area contributed by atoms with Crippen molar-refractivity contribution in [2.75, 3.05) is 0 Å². The van der Waals surface area contributed by atoms with Crippen LogP contribution < -0.4 is 5.32 Å². The van der Waals surface area contributed by atoms with Crippen LogP contribution in [0.15, 0.2) is 0 Å². The molecule has 0 radical (unpaired) electrons. The maximum Gasteiger partial charge on any atom is 0.334 e. The van der Waals surface area contributed by atoms with E-state index in [4.69, 9.17) is 5.11 Å². The molecule has 0 heterocycles. The van der Waals surface area contributed by atoms with Crippen molar-refractivity contribution < 1.29 is 19.5 Å². The van der Waals surface area contributed by atoms with Gasteiger partial charge in [0.1, 0.15) is 0 Å². The molecule has 0 aliphatic rings. The first-order valence-electron chi connectivity index (χ1n) is 2.52. The predicted octanol–water partition coefficient (Wildman–Crippen LogP) is -1.23. The number of carboxylic acids is 1. The van der Waals surface area contributed by atoms with Crippen LogP contribution in [0.1, 0.15) is 6.92 Å². The maximum absolute atomic E-state index is 10.4. The molecule has 0 saturated heterocycles. The van der Waals surface area contributed by atoms with Crippen molar-refractivity contribution >= 4 is 18.2 Å². The number of carbonyl (C=O) groups excluding carboxylic acids is 2.